The molecule has 2 aliphatic heterocycles. The van der Waals surface area contributed by atoms with Crippen LogP contribution in [-0.4, -0.2) is 90.3 Å². The maximum atomic E-state index is 13.3. The summed E-state index contributed by atoms with van der Waals surface area (Å²) in [4.78, 5) is 58.4. The number of H-pyrrole nitrogens is 2. The number of aromatic amines is 2. The second kappa shape index (κ2) is 15.3. The highest BCUT2D eigenvalue weighted by Crippen LogP contribution is 2.45. The van der Waals surface area contributed by atoms with Gasteiger partial charge in [-0.05, 0) is 50.7 Å². The zero-order valence-electron chi connectivity index (χ0n) is 27.8. The van der Waals surface area contributed by atoms with Gasteiger partial charge < -0.3 is 35.9 Å². The molecule has 0 bridgehead atoms. The zero-order valence-corrected chi connectivity index (χ0v) is 28.6. The summed E-state index contributed by atoms with van der Waals surface area (Å²) in [6, 6.07) is 0. The summed E-state index contributed by atoms with van der Waals surface area (Å²) in [7, 11) is 0. The number of thioether (sulfide) groups is 1. The molecule has 2 saturated heterocycles. The van der Waals surface area contributed by atoms with Crippen LogP contribution in [0.3, 0.4) is 0 Å². The minimum absolute atomic E-state index is 0.0293. The maximum Gasteiger partial charge on any atom is 0.330 e. The van der Waals surface area contributed by atoms with Gasteiger partial charge in [-0.1, -0.05) is 20.3 Å². The number of carbonyl (C=O) groups is 1. The van der Waals surface area contributed by atoms with E-state index in [2.05, 4.69) is 21.9 Å². The molecule has 16 heteroatoms. The van der Waals surface area contributed by atoms with Gasteiger partial charge in [0.2, 0.25) is 5.95 Å². The molecule has 1 saturated carbocycles. The molecular weight excluding hydrogens is 644 g/mol. The van der Waals surface area contributed by atoms with Crippen molar-refractivity contribution in [2.75, 3.05) is 24.3 Å². The maximum absolute atomic E-state index is 13.3. The Kier molecular flexibility index (Phi) is 11.5. The monoisotopic (exact) mass is 692 g/mol. The van der Waals surface area contributed by atoms with E-state index in [4.69, 9.17) is 25.7 Å². The Morgan fingerprint density at radius 3 is 2.56 bits per heavy atom. The molecule has 4 heterocycles. The van der Waals surface area contributed by atoms with Gasteiger partial charge in [0.05, 0.1) is 48.1 Å². The number of aliphatic hydroxyl groups excluding tert-OH is 2. The lowest BCUT2D eigenvalue weighted by molar-refractivity contribution is -0.161. The molecular formula is C32H48N6O9S. The van der Waals surface area contributed by atoms with Crippen molar-refractivity contribution >= 4 is 29.2 Å². The van der Waals surface area contributed by atoms with Gasteiger partial charge in [0, 0.05) is 30.5 Å². The van der Waals surface area contributed by atoms with E-state index in [1.165, 1.54) is 22.5 Å². The highest BCUT2D eigenvalue weighted by atomic mass is 32.2. The number of aryl methyl sites for hydroxylation is 2. The number of Topliss-reactive ketones (excluding diaryl/α,β-unsaturated/α-hetero) is 1. The first-order chi connectivity index (χ1) is 22.8. The molecule has 2 aromatic rings. The van der Waals surface area contributed by atoms with Crippen molar-refractivity contribution in [1.29, 1.82) is 0 Å². The average Bonchev–Trinajstić information content (AvgIpc) is 3.60. The van der Waals surface area contributed by atoms with Crippen LogP contribution in [0.2, 0.25) is 0 Å². The summed E-state index contributed by atoms with van der Waals surface area (Å²) < 4.78 is 20.2. The fraction of sp³-hybridized carbons (Fsp3) is 0.719. The molecule has 48 heavy (non-hydrogen) atoms. The fourth-order valence-corrected chi connectivity index (χ4v) is 8.29. The third-order valence-corrected chi connectivity index (χ3v) is 11.2. The number of nitrogens with two attached hydrogens (primary N) is 2. The largest absolute Gasteiger partial charge is 0.394 e. The smallest absolute Gasteiger partial charge is 0.330 e. The first-order valence-electron chi connectivity index (χ1n) is 16.6. The Balaban J connectivity index is 1.19. The average molecular weight is 693 g/mol. The molecule has 0 aromatic carbocycles. The Morgan fingerprint density at radius 2 is 1.88 bits per heavy atom. The van der Waals surface area contributed by atoms with Crippen LogP contribution in [0.1, 0.15) is 69.9 Å². The van der Waals surface area contributed by atoms with Crippen LogP contribution < -0.4 is 28.3 Å². The number of nitrogens with zero attached hydrogens (tertiary/aromatic N) is 2. The molecule has 266 valence electrons. The quantitative estimate of drug-likeness (QED) is 0.160. The van der Waals surface area contributed by atoms with E-state index < -0.39 is 59.5 Å². The van der Waals surface area contributed by atoms with Crippen molar-refractivity contribution in [1.82, 2.24) is 19.5 Å². The van der Waals surface area contributed by atoms with Crippen molar-refractivity contribution in [3.8, 4) is 0 Å². The van der Waals surface area contributed by atoms with Crippen molar-refractivity contribution in [3.63, 3.8) is 0 Å². The van der Waals surface area contributed by atoms with Crippen molar-refractivity contribution in [2.24, 2.45) is 17.8 Å². The number of aromatic nitrogens is 4. The lowest BCUT2D eigenvalue weighted by Gasteiger charge is -2.46. The highest BCUT2D eigenvalue weighted by Gasteiger charge is 2.55. The molecule has 0 spiro atoms. The Morgan fingerprint density at radius 1 is 1.12 bits per heavy atom. The van der Waals surface area contributed by atoms with E-state index in [0.717, 1.165) is 19.3 Å². The van der Waals surface area contributed by atoms with Gasteiger partial charge in [-0.3, -0.25) is 28.9 Å². The zero-order chi connectivity index (χ0) is 34.9. The first-order valence-corrected chi connectivity index (χ1v) is 17.9. The minimum atomic E-state index is -0.857. The van der Waals surface area contributed by atoms with E-state index in [1.54, 1.807) is 6.92 Å². The number of ether oxygens (including phenoxy) is 3. The lowest BCUT2D eigenvalue weighted by atomic mass is 9.70. The van der Waals surface area contributed by atoms with Crippen LogP contribution in [0, 0.1) is 24.7 Å². The van der Waals surface area contributed by atoms with Gasteiger partial charge in [0.15, 0.2) is 5.78 Å². The Hall–Kier alpha value is -3.02. The van der Waals surface area contributed by atoms with Crippen LogP contribution in [0.4, 0.5) is 11.6 Å². The number of ketones is 1. The number of aliphatic hydroxyl groups is 2. The number of nitrogens with one attached hydrogen (secondary N) is 2. The number of hydrogen-bond donors (Lipinski definition) is 6. The van der Waals surface area contributed by atoms with Crippen molar-refractivity contribution < 1.29 is 29.2 Å². The van der Waals surface area contributed by atoms with Gasteiger partial charge in [0.25, 0.3) is 11.1 Å². The molecule has 5 rings (SSSR count). The van der Waals surface area contributed by atoms with E-state index in [9.17, 15) is 29.4 Å². The second-order valence-electron chi connectivity index (χ2n) is 13.4. The Labute approximate surface area is 282 Å². The van der Waals surface area contributed by atoms with Gasteiger partial charge in [-0.2, -0.15) is 11.8 Å². The Bertz CT molecular complexity index is 1630. The summed E-state index contributed by atoms with van der Waals surface area (Å²) in [6.07, 6.45) is 3.50. The summed E-state index contributed by atoms with van der Waals surface area (Å²) in [6.45, 7) is 5.39. The summed E-state index contributed by atoms with van der Waals surface area (Å²) in [5.41, 5.74) is 11.0. The molecule has 0 radical (unpaired) electrons. The standard InChI is InChI=1S/C32H48N6O9S/c1-5-16(6-7-18-25(33)30(43)36-31(34)35-18)9-17-10-21(22(13-39)45-17)47-27-24(26(41)28(27)48-4)14(2)8-20-19(40)11-23(46-20)38-12-15(3)29(42)37-32(38)44/h12,14,16-17,19-24,27-28,39-40H,5-11,13,33H2,1-4H3,(H,37,42,44)(H3,34,35,36,43). The van der Waals surface area contributed by atoms with Gasteiger partial charge in [-0.25, -0.2) is 9.78 Å². The topological polar surface area (TPSA) is 238 Å². The second-order valence-corrected chi connectivity index (χ2v) is 14.4. The number of carbonyl (C=O) groups excluding carboxylic acids is 1. The van der Waals surface area contributed by atoms with Crippen LogP contribution in [-0.2, 0) is 25.4 Å². The lowest BCUT2D eigenvalue weighted by Crippen LogP contribution is -2.60. The molecule has 3 fully saturated rings. The molecule has 3 aliphatic rings. The molecule has 0 amide bonds. The molecule has 2 aromatic heterocycles. The molecule has 15 nitrogen and oxygen atoms in total. The van der Waals surface area contributed by atoms with Crippen LogP contribution in [0.5, 0.6) is 0 Å². The molecule has 8 N–H and O–H groups in total. The third-order valence-electron chi connectivity index (χ3n) is 10.2. The summed E-state index contributed by atoms with van der Waals surface area (Å²) >= 11 is 1.43. The minimum Gasteiger partial charge on any atom is -0.394 e. The predicted octanol–water partition coefficient (Wildman–Crippen LogP) is 0.651. The number of nitrogen functional groups attached to an aromatic ring is 2. The van der Waals surface area contributed by atoms with Gasteiger partial charge in [-0.15, -0.1) is 0 Å². The molecule has 1 aliphatic carbocycles. The van der Waals surface area contributed by atoms with Gasteiger partial charge in [0.1, 0.15) is 18.0 Å². The summed E-state index contributed by atoms with van der Waals surface area (Å²) in [5, 5.41) is 20.7. The fourth-order valence-electron chi connectivity index (χ4n) is 7.40. The summed E-state index contributed by atoms with van der Waals surface area (Å²) in [5.74, 6) is -0.289. The molecule has 11 atom stereocenters. The molecule has 11 unspecified atom stereocenters. The third kappa shape index (κ3) is 7.58. The first kappa shape index (κ1) is 36.3. The highest BCUT2D eigenvalue weighted by molar-refractivity contribution is 8.00. The number of hydrogen-bond acceptors (Lipinski definition) is 13. The van der Waals surface area contributed by atoms with Crippen LogP contribution >= 0.6 is 11.8 Å². The van der Waals surface area contributed by atoms with Crippen molar-refractivity contribution in [2.45, 2.75) is 114 Å². The van der Waals surface area contributed by atoms with Crippen LogP contribution in [0.15, 0.2) is 20.6 Å². The predicted molar refractivity (Wildman–Crippen MR) is 180 cm³/mol. The van der Waals surface area contributed by atoms with E-state index in [0.29, 0.717) is 30.5 Å². The van der Waals surface area contributed by atoms with E-state index in [1.807, 2.05) is 13.2 Å². The number of rotatable bonds is 14. The van der Waals surface area contributed by atoms with Gasteiger partial charge >= 0.3 is 5.69 Å². The van der Waals surface area contributed by atoms with Crippen LogP contribution in [0.25, 0.3) is 0 Å². The van der Waals surface area contributed by atoms with E-state index >= 15 is 0 Å². The SMILES string of the molecule is CCC(CCc1nc(N)[nH]c(=O)c1N)CC1CC(OC2C(SC)C(=O)C2C(C)CC2OC(n3cc(C)c(=O)[nH]c3=O)CC2O)C(CO)O1. The van der Waals surface area contributed by atoms with Crippen molar-refractivity contribution in [3.05, 3.63) is 48.6 Å². The number of anilines is 2. The normalized spacial score (nSPS) is 31.5. The van der Waals surface area contributed by atoms with E-state index in [-0.39, 0.29) is 53.6 Å².